The van der Waals surface area contributed by atoms with E-state index in [1.165, 1.54) is 6.33 Å². The summed E-state index contributed by atoms with van der Waals surface area (Å²) in [6.45, 7) is 2.10. The third-order valence-corrected chi connectivity index (χ3v) is 2.41. The number of fused-ring (bicyclic) bond motifs is 1. The van der Waals surface area contributed by atoms with Crippen molar-refractivity contribution in [3.63, 3.8) is 0 Å². The highest BCUT2D eigenvalue weighted by Gasteiger charge is 2.09. The van der Waals surface area contributed by atoms with Crippen LogP contribution in [0.5, 0.6) is 0 Å². The van der Waals surface area contributed by atoms with Crippen molar-refractivity contribution in [1.29, 1.82) is 0 Å². The van der Waals surface area contributed by atoms with Gasteiger partial charge in [0.2, 0.25) is 11.2 Å². The average Bonchev–Trinajstić information content (AvgIpc) is 2.94. The molecule has 0 bridgehead atoms. The molecule has 0 saturated heterocycles. The van der Waals surface area contributed by atoms with Crippen molar-refractivity contribution >= 4 is 28.6 Å². The van der Waals surface area contributed by atoms with Gasteiger partial charge in [0.15, 0.2) is 17.3 Å². The van der Waals surface area contributed by atoms with Gasteiger partial charge in [-0.15, -0.1) is 0 Å². The summed E-state index contributed by atoms with van der Waals surface area (Å²) in [4.78, 5) is 19.1. The molecule has 0 aliphatic carbocycles. The van der Waals surface area contributed by atoms with Crippen molar-refractivity contribution in [2.45, 2.75) is 13.5 Å². The molecule has 2 N–H and O–H groups in total. The van der Waals surface area contributed by atoms with Crippen LogP contribution in [0.2, 0.25) is 5.28 Å². The van der Waals surface area contributed by atoms with Crippen LogP contribution in [0.3, 0.4) is 0 Å². The van der Waals surface area contributed by atoms with Gasteiger partial charge in [0, 0.05) is 6.92 Å². The van der Waals surface area contributed by atoms with Crippen LogP contribution in [-0.4, -0.2) is 30.1 Å². The number of H-pyrrole nitrogens is 1. The average molecular weight is 266 g/mol. The summed E-state index contributed by atoms with van der Waals surface area (Å²) in [5.41, 5.74) is 1.18. The Morgan fingerprint density at radius 2 is 2.28 bits per heavy atom. The van der Waals surface area contributed by atoms with Crippen LogP contribution in [0, 0.1) is 6.92 Å². The Balaban J connectivity index is 1.87. The minimum absolute atomic E-state index is 0.126. The van der Waals surface area contributed by atoms with E-state index in [-0.39, 0.29) is 5.28 Å². The van der Waals surface area contributed by atoms with Gasteiger partial charge >= 0.3 is 0 Å². The number of hydrogen-bond acceptors (Lipinski definition) is 7. The molecule has 3 aromatic heterocycles. The molecule has 92 valence electrons. The molecule has 0 aliphatic rings. The first-order valence-corrected chi connectivity index (χ1v) is 5.50. The maximum Gasteiger partial charge on any atom is 0.226 e. The molecular formula is C9H8ClN7O. The number of aromatic amines is 1. The van der Waals surface area contributed by atoms with Crippen molar-refractivity contribution in [2.24, 2.45) is 0 Å². The lowest BCUT2D eigenvalue weighted by Gasteiger charge is -2.03. The lowest BCUT2D eigenvalue weighted by atomic mass is 10.4. The Bertz CT molecular complexity index is 691. The zero-order valence-corrected chi connectivity index (χ0v) is 10.1. The summed E-state index contributed by atoms with van der Waals surface area (Å²) in [7, 11) is 0. The standard InChI is InChI=1S/C9H8ClN7O/c1-4-14-5(17-18-4)2-11-7-6-8(13-3-12-6)16-9(10)15-7/h3H,2H2,1H3,(H2,11,12,13,15,16). The first kappa shape index (κ1) is 10.9. The van der Waals surface area contributed by atoms with Crippen LogP contribution in [0.1, 0.15) is 11.7 Å². The van der Waals surface area contributed by atoms with Crippen LogP contribution < -0.4 is 5.32 Å². The maximum absolute atomic E-state index is 5.80. The van der Waals surface area contributed by atoms with Gasteiger partial charge in [-0.2, -0.15) is 15.0 Å². The summed E-state index contributed by atoms with van der Waals surface area (Å²) in [5.74, 6) is 1.60. The molecular weight excluding hydrogens is 258 g/mol. The minimum Gasteiger partial charge on any atom is -0.361 e. The zero-order valence-electron chi connectivity index (χ0n) is 9.31. The van der Waals surface area contributed by atoms with E-state index < -0.39 is 0 Å². The third kappa shape index (κ3) is 1.97. The fraction of sp³-hybridized carbons (Fsp3) is 0.222. The van der Waals surface area contributed by atoms with E-state index in [1.54, 1.807) is 6.92 Å². The first-order valence-electron chi connectivity index (χ1n) is 5.12. The van der Waals surface area contributed by atoms with Gasteiger partial charge in [0.25, 0.3) is 0 Å². The quantitative estimate of drug-likeness (QED) is 0.688. The van der Waals surface area contributed by atoms with Gasteiger partial charge in [-0.1, -0.05) is 5.16 Å². The highest BCUT2D eigenvalue weighted by Crippen LogP contribution is 2.18. The van der Waals surface area contributed by atoms with E-state index in [9.17, 15) is 0 Å². The Morgan fingerprint density at radius 3 is 3.06 bits per heavy atom. The topological polar surface area (TPSA) is 105 Å². The highest BCUT2D eigenvalue weighted by atomic mass is 35.5. The van der Waals surface area contributed by atoms with Gasteiger partial charge in [-0.05, 0) is 11.6 Å². The lowest BCUT2D eigenvalue weighted by Crippen LogP contribution is -2.04. The lowest BCUT2D eigenvalue weighted by molar-refractivity contribution is 0.388. The molecule has 0 radical (unpaired) electrons. The van der Waals surface area contributed by atoms with Crippen LogP contribution in [-0.2, 0) is 6.54 Å². The van der Waals surface area contributed by atoms with Gasteiger partial charge in [0.05, 0.1) is 12.9 Å². The summed E-state index contributed by atoms with van der Waals surface area (Å²) < 4.78 is 4.87. The Hall–Kier alpha value is -2.22. The Labute approximate surface area is 106 Å². The number of aryl methyl sites for hydroxylation is 1. The molecule has 0 spiro atoms. The van der Waals surface area contributed by atoms with Crippen LogP contribution in [0.4, 0.5) is 5.82 Å². The Kier molecular flexibility index (Phi) is 2.56. The molecule has 3 aromatic rings. The van der Waals surface area contributed by atoms with Crippen LogP contribution >= 0.6 is 11.6 Å². The zero-order chi connectivity index (χ0) is 12.5. The van der Waals surface area contributed by atoms with Gasteiger partial charge < -0.3 is 14.8 Å². The molecule has 0 aromatic carbocycles. The van der Waals surface area contributed by atoms with E-state index in [4.69, 9.17) is 16.1 Å². The molecule has 8 nitrogen and oxygen atoms in total. The Morgan fingerprint density at radius 1 is 1.39 bits per heavy atom. The molecule has 0 amide bonds. The number of aromatic nitrogens is 6. The maximum atomic E-state index is 5.80. The van der Waals surface area contributed by atoms with Gasteiger partial charge in [-0.3, -0.25) is 0 Å². The molecule has 0 fully saturated rings. The summed E-state index contributed by atoms with van der Waals surface area (Å²) in [6, 6.07) is 0. The van der Waals surface area contributed by atoms with E-state index in [0.717, 1.165) is 0 Å². The summed E-state index contributed by atoms with van der Waals surface area (Å²) >= 11 is 5.80. The second-order valence-electron chi connectivity index (χ2n) is 3.53. The van der Waals surface area contributed by atoms with Gasteiger partial charge in [-0.25, -0.2) is 4.98 Å². The molecule has 0 atom stereocenters. The normalized spacial score (nSPS) is 11.0. The summed E-state index contributed by atoms with van der Waals surface area (Å²) in [6.07, 6.45) is 1.53. The molecule has 9 heteroatoms. The van der Waals surface area contributed by atoms with E-state index in [1.807, 2.05) is 0 Å². The van der Waals surface area contributed by atoms with E-state index in [0.29, 0.717) is 35.2 Å². The molecule has 0 unspecified atom stereocenters. The van der Waals surface area contributed by atoms with Gasteiger partial charge in [0.1, 0.15) is 5.52 Å². The number of imidazole rings is 1. The van der Waals surface area contributed by atoms with Crippen molar-refractivity contribution in [2.75, 3.05) is 5.32 Å². The monoisotopic (exact) mass is 265 g/mol. The smallest absolute Gasteiger partial charge is 0.226 e. The van der Waals surface area contributed by atoms with Crippen LogP contribution in [0.15, 0.2) is 10.9 Å². The van der Waals surface area contributed by atoms with Crippen molar-refractivity contribution in [3.8, 4) is 0 Å². The second-order valence-corrected chi connectivity index (χ2v) is 3.86. The number of anilines is 1. The fourth-order valence-electron chi connectivity index (χ4n) is 1.51. The minimum atomic E-state index is 0.126. The number of rotatable bonds is 3. The molecule has 3 rings (SSSR count). The predicted octanol–water partition coefficient (Wildman–Crippen LogP) is 1.31. The third-order valence-electron chi connectivity index (χ3n) is 2.24. The van der Waals surface area contributed by atoms with Crippen molar-refractivity contribution < 1.29 is 4.52 Å². The SMILES string of the molecule is Cc1nc(CNc2nc(Cl)nc3nc[nH]c23)no1. The molecule has 3 heterocycles. The number of nitrogens with one attached hydrogen (secondary N) is 2. The molecule has 0 aliphatic heterocycles. The summed E-state index contributed by atoms with van der Waals surface area (Å²) in [5, 5.41) is 6.95. The molecule has 0 saturated carbocycles. The number of halogens is 1. The van der Waals surface area contributed by atoms with Crippen molar-refractivity contribution in [3.05, 3.63) is 23.3 Å². The van der Waals surface area contributed by atoms with Crippen molar-refractivity contribution in [1.82, 2.24) is 30.1 Å². The molecule has 18 heavy (non-hydrogen) atoms. The second kappa shape index (κ2) is 4.22. The van der Waals surface area contributed by atoms with E-state index in [2.05, 4.69) is 35.4 Å². The number of hydrogen-bond donors (Lipinski definition) is 2. The fourth-order valence-corrected chi connectivity index (χ4v) is 1.68. The van der Waals surface area contributed by atoms with E-state index >= 15 is 0 Å². The largest absolute Gasteiger partial charge is 0.361 e. The number of nitrogens with zero attached hydrogens (tertiary/aromatic N) is 5. The predicted molar refractivity (Wildman–Crippen MR) is 63.1 cm³/mol. The van der Waals surface area contributed by atoms with Crippen LogP contribution in [0.25, 0.3) is 11.2 Å². The first-order chi connectivity index (χ1) is 8.72. The highest BCUT2D eigenvalue weighted by molar-refractivity contribution is 6.28.